The summed E-state index contributed by atoms with van der Waals surface area (Å²) in [6.45, 7) is 0.716. The van der Waals surface area contributed by atoms with E-state index in [1.54, 1.807) is 6.20 Å². The number of aliphatic hydroxyl groups is 1. The summed E-state index contributed by atoms with van der Waals surface area (Å²) in [6, 6.07) is 0. The van der Waals surface area contributed by atoms with E-state index in [9.17, 15) is 4.79 Å². The standard InChI is InChI=1S/C11H17BrN4O2/c12-9-8(14-7-11(13)2-1-3-11)6-15-16(4-5-17)10(9)18/h6,14,17H,1-5,7,13H2. The minimum Gasteiger partial charge on any atom is -0.394 e. The summed E-state index contributed by atoms with van der Waals surface area (Å²) in [5.74, 6) is 0. The van der Waals surface area contributed by atoms with E-state index in [0.717, 1.165) is 19.3 Å². The Morgan fingerprint density at radius 2 is 2.33 bits per heavy atom. The fourth-order valence-corrected chi connectivity index (χ4v) is 2.37. The number of hydrogen-bond acceptors (Lipinski definition) is 5. The number of nitrogens with two attached hydrogens (primary N) is 1. The number of halogens is 1. The molecular formula is C11H17BrN4O2. The van der Waals surface area contributed by atoms with Gasteiger partial charge in [-0.25, -0.2) is 4.68 Å². The van der Waals surface area contributed by atoms with Gasteiger partial charge in [-0.1, -0.05) is 0 Å². The van der Waals surface area contributed by atoms with Gasteiger partial charge in [-0.2, -0.15) is 5.10 Å². The van der Waals surface area contributed by atoms with Crippen LogP contribution in [0, 0.1) is 0 Å². The normalized spacial score (nSPS) is 17.3. The fraction of sp³-hybridized carbons (Fsp3) is 0.636. The molecule has 7 heteroatoms. The van der Waals surface area contributed by atoms with Gasteiger partial charge in [0.25, 0.3) is 5.56 Å². The van der Waals surface area contributed by atoms with Crippen molar-refractivity contribution in [3.63, 3.8) is 0 Å². The highest BCUT2D eigenvalue weighted by molar-refractivity contribution is 9.10. The summed E-state index contributed by atoms with van der Waals surface area (Å²) >= 11 is 3.25. The molecule has 0 saturated heterocycles. The van der Waals surface area contributed by atoms with Crippen LogP contribution < -0.4 is 16.6 Å². The van der Waals surface area contributed by atoms with Crippen molar-refractivity contribution < 1.29 is 5.11 Å². The van der Waals surface area contributed by atoms with Crippen molar-refractivity contribution in [1.29, 1.82) is 0 Å². The molecule has 0 aliphatic heterocycles. The lowest BCUT2D eigenvalue weighted by atomic mass is 9.78. The quantitative estimate of drug-likeness (QED) is 0.726. The van der Waals surface area contributed by atoms with Gasteiger partial charge < -0.3 is 16.2 Å². The Kier molecular flexibility index (Phi) is 4.04. The Morgan fingerprint density at radius 3 is 2.89 bits per heavy atom. The van der Waals surface area contributed by atoms with Crippen LogP contribution in [0.2, 0.25) is 0 Å². The Labute approximate surface area is 113 Å². The number of nitrogens with zero attached hydrogens (tertiary/aromatic N) is 2. The van der Waals surface area contributed by atoms with Crippen molar-refractivity contribution in [2.24, 2.45) is 5.73 Å². The van der Waals surface area contributed by atoms with Crippen LogP contribution in [0.1, 0.15) is 19.3 Å². The minimum atomic E-state index is -0.256. The zero-order chi connectivity index (χ0) is 13.2. The number of aliphatic hydroxyl groups excluding tert-OH is 1. The van der Waals surface area contributed by atoms with E-state index >= 15 is 0 Å². The highest BCUT2D eigenvalue weighted by Crippen LogP contribution is 2.29. The summed E-state index contributed by atoms with van der Waals surface area (Å²) in [4.78, 5) is 11.9. The fourth-order valence-electron chi connectivity index (χ4n) is 1.92. The van der Waals surface area contributed by atoms with E-state index in [2.05, 4.69) is 26.3 Å². The van der Waals surface area contributed by atoms with Gasteiger partial charge in [-0.3, -0.25) is 4.79 Å². The average Bonchev–Trinajstić information content (AvgIpc) is 2.32. The zero-order valence-electron chi connectivity index (χ0n) is 10.0. The maximum absolute atomic E-state index is 11.9. The van der Waals surface area contributed by atoms with E-state index in [4.69, 9.17) is 10.8 Å². The Hall–Kier alpha value is -0.920. The van der Waals surface area contributed by atoms with E-state index in [1.807, 2.05) is 0 Å². The molecule has 0 spiro atoms. The number of anilines is 1. The first-order valence-electron chi connectivity index (χ1n) is 5.95. The molecule has 6 nitrogen and oxygen atoms in total. The number of rotatable bonds is 5. The average molecular weight is 317 g/mol. The molecule has 18 heavy (non-hydrogen) atoms. The molecule has 1 aromatic rings. The highest BCUT2D eigenvalue weighted by Gasteiger charge is 2.32. The SMILES string of the molecule is NC1(CNc2cnn(CCO)c(=O)c2Br)CCC1. The van der Waals surface area contributed by atoms with Crippen LogP contribution in [0.3, 0.4) is 0 Å². The topological polar surface area (TPSA) is 93.2 Å². The Balaban J connectivity index is 2.09. The molecular weight excluding hydrogens is 300 g/mol. The summed E-state index contributed by atoms with van der Waals surface area (Å²) < 4.78 is 1.64. The van der Waals surface area contributed by atoms with Gasteiger partial charge in [0.05, 0.1) is 25.0 Å². The molecule has 1 aliphatic carbocycles. The molecule has 0 unspecified atom stereocenters. The van der Waals surface area contributed by atoms with Gasteiger partial charge in [0.15, 0.2) is 0 Å². The van der Waals surface area contributed by atoms with Gasteiger partial charge in [0, 0.05) is 12.1 Å². The lowest BCUT2D eigenvalue weighted by Gasteiger charge is -2.38. The zero-order valence-corrected chi connectivity index (χ0v) is 11.6. The molecule has 1 aliphatic rings. The molecule has 2 rings (SSSR count). The molecule has 0 atom stereocenters. The molecule has 1 heterocycles. The lowest BCUT2D eigenvalue weighted by Crippen LogP contribution is -2.52. The second-order valence-corrected chi connectivity index (χ2v) is 5.49. The van der Waals surface area contributed by atoms with E-state index in [1.165, 1.54) is 4.68 Å². The molecule has 0 amide bonds. The predicted octanol–water partition coefficient (Wildman–Crippen LogP) is 0.291. The van der Waals surface area contributed by atoms with Crippen molar-refractivity contribution >= 4 is 21.6 Å². The highest BCUT2D eigenvalue weighted by atomic mass is 79.9. The van der Waals surface area contributed by atoms with Crippen molar-refractivity contribution in [3.8, 4) is 0 Å². The molecule has 0 radical (unpaired) electrons. The molecule has 1 aromatic heterocycles. The third-order valence-electron chi connectivity index (χ3n) is 3.28. The van der Waals surface area contributed by atoms with E-state index in [0.29, 0.717) is 16.7 Å². The molecule has 1 fully saturated rings. The summed E-state index contributed by atoms with van der Waals surface area (Å²) in [5, 5.41) is 15.9. The number of aromatic nitrogens is 2. The predicted molar refractivity (Wildman–Crippen MR) is 72.5 cm³/mol. The van der Waals surface area contributed by atoms with Crippen LogP contribution in [0.4, 0.5) is 5.69 Å². The van der Waals surface area contributed by atoms with Gasteiger partial charge >= 0.3 is 0 Å². The van der Waals surface area contributed by atoms with Crippen molar-refractivity contribution in [1.82, 2.24) is 9.78 Å². The largest absolute Gasteiger partial charge is 0.394 e. The molecule has 4 N–H and O–H groups in total. The van der Waals surface area contributed by atoms with Crippen LogP contribution in [0.5, 0.6) is 0 Å². The van der Waals surface area contributed by atoms with Crippen molar-refractivity contribution in [2.45, 2.75) is 31.3 Å². The first-order valence-corrected chi connectivity index (χ1v) is 6.74. The maximum atomic E-state index is 11.9. The smallest absolute Gasteiger partial charge is 0.283 e. The summed E-state index contributed by atoms with van der Waals surface area (Å²) in [6.07, 6.45) is 4.75. The van der Waals surface area contributed by atoms with Gasteiger partial charge in [0.1, 0.15) is 4.47 Å². The monoisotopic (exact) mass is 316 g/mol. The molecule has 0 aromatic carbocycles. The Morgan fingerprint density at radius 1 is 1.61 bits per heavy atom. The second-order valence-electron chi connectivity index (χ2n) is 4.69. The third-order valence-corrected chi connectivity index (χ3v) is 4.04. The number of nitrogens with one attached hydrogen (secondary N) is 1. The number of hydrogen-bond donors (Lipinski definition) is 3. The first-order chi connectivity index (χ1) is 8.56. The van der Waals surface area contributed by atoms with Crippen LogP contribution in [-0.2, 0) is 6.54 Å². The molecule has 1 saturated carbocycles. The van der Waals surface area contributed by atoms with E-state index < -0.39 is 0 Å². The molecule has 100 valence electrons. The van der Waals surface area contributed by atoms with Crippen molar-refractivity contribution in [2.75, 3.05) is 18.5 Å². The van der Waals surface area contributed by atoms with Gasteiger partial charge in [-0.15, -0.1) is 0 Å². The first kappa shape index (κ1) is 13.5. The minimum absolute atomic E-state index is 0.113. The lowest BCUT2D eigenvalue weighted by molar-refractivity contribution is 0.264. The van der Waals surface area contributed by atoms with Crippen molar-refractivity contribution in [3.05, 3.63) is 21.0 Å². The summed E-state index contributed by atoms with van der Waals surface area (Å²) in [7, 11) is 0. The van der Waals surface area contributed by atoms with Crippen LogP contribution in [0.25, 0.3) is 0 Å². The third kappa shape index (κ3) is 2.73. The van der Waals surface area contributed by atoms with Crippen LogP contribution in [-0.4, -0.2) is 33.6 Å². The maximum Gasteiger partial charge on any atom is 0.283 e. The van der Waals surface area contributed by atoms with Gasteiger partial charge in [0.2, 0.25) is 0 Å². The van der Waals surface area contributed by atoms with Crippen LogP contribution in [0.15, 0.2) is 15.5 Å². The van der Waals surface area contributed by atoms with Crippen LogP contribution >= 0.6 is 15.9 Å². The summed E-state index contributed by atoms with van der Waals surface area (Å²) in [5.41, 5.74) is 6.34. The Bertz CT molecular complexity index is 484. The molecule has 0 bridgehead atoms. The second kappa shape index (κ2) is 5.38. The van der Waals surface area contributed by atoms with Gasteiger partial charge in [-0.05, 0) is 35.2 Å². The van der Waals surface area contributed by atoms with E-state index in [-0.39, 0.29) is 24.2 Å².